The zero-order chi connectivity index (χ0) is 28.7. The van der Waals surface area contributed by atoms with Gasteiger partial charge in [-0.15, -0.1) is 0 Å². The molecule has 0 bridgehead atoms. The lowest BCUT2D eigenvalue weighted by Gasteiger charge is -2.34. The zero-order valence-electron chi connectivity index (χ0n) is 22.3. The fourth-order valence-electron chi connectivity index (χ4n) is 5.00. The molecule has 0 aliphatic heterocycles. The first-order chi connectivity index (χ1) is 19.1. The van der Waals surface area contributed by atoms with Crippen LogP contribution in [0.5, 0.6) is 0 Å². The molecule has 0 saturated heterocycles. The van der Waals surface area contributed by atoms with E-state index in [1.54, 1.807) is 0 Å². The number of hydrogen-bond acceptors (Lipinski definition) is 4. The molecule has 10 heteroatoms. The molecule has 1 unspecified atom stereocenters. The normalized spacial score (nSPS) is 14.5. The minimum Gasteiger partial charge on any atom is -0.352 e. The fourth-order valence-corrected chi connectivity index (χ4v) is 6.35. The van der Waals surface area contributed by atoms with Crippen LogP contribution in [0.2, 0.25) is 10.0 Å². The summed E-state index contributed by atoms with van der Waals surface area (Å²) in [5, 5.41) is 3.63. The third-order valence-electron chi connectivity index (χ3n) is 6.98. The molecule has 4 rings (SSSR count). The standard InChI is InChI=1S/C30H33Cl2N3O4S/c1-40(38,39)35(27-18-24(31)17-25(32)19-27)21-29(36)34(20-23-12-6-3-7-13-23)28(16-22-10-4-2-5-11-22)30(37)33-26-14-8-9-15-26/h2-7,10-13,17-19,26,28H,8-9,14-16,20-21H2,1H3,(H,33,37). The molecule has 1 saturated carbocycles. The van der Waals surface area contributed by atoms with E-state index in [0.717, 1.165) is 47.4 Å². The van der Waals surface area contributed by atoms with E-state index in [1.807, 2.05) is 60.7 Å². The average Bonchev–Trinajstić information content (AvgIpc) is 3.42. The topological polar surface area (TPSA) is 86.8 Å². The van der Waals surface area contributed by atoms with E-state index in [4.69, 9.17) is 23.2 Å². The number of sulfonamides is 1. The van der Waals surface area contributed by atoms with Gasteiger partial charge in [-0.05, 0) is 42.2 Å². The van der Waals surface area contributed by atoms with Gasteiger partial charge in [0.05, 0.1) is 11.9 Å². The van der Waals surface area contributed by atoms with Crippen LogP contribution in [0.25, 0.3) is 0 Å². The van der Waals surface area contributed by atoms with E-state index in [-0.39, 0.29) is 40.6 Å². The first-order valence-electron chi connectivity index (χ1n) is 13.2. The van der Waals surface area contributed by atoms with Crippen molar-refractivity contribution in [2.45, 2.75) is 50.7 Å². The number of halogens is 2. The second-order valence-electron chi connectivity index (χ2n) is 10.1. The molecule has 1 N–H and O–H groups in total. The Balaban J connectivity index is 1.72. The number of carbonyl (C=O) groups excluding carboxylic acids is 2. The van der Waals surface area contributed by atoms with Crippen molar-refractivity contribution >= 4 is 50.7 Å². The molecule has 0 spiro atoms. The van der Waals surface area contributed by atoms with Gasteiger partial charge < -0.3 is 10.2 Å². The number of benzene rings is 3. The first kappa shape index (κ1) is 29.9. The first-order valence-corrected chi connectivity index (χ1v) is 15.8. The minimum absolute atomic E-state index is 0.0561. The zero-order valence-corrected chi connectivity index (χ0v) is 24.6. The lowest BCUT2D eigenvalue weighted by Crippen LogP contribution is -2.54. The van der Waals surface area contributed by atoms with Crippen LogP contribution in [0, 0.1) is 0 Å². The number of nitrogens with one attached hydrogen (secondary N) is 1. The van der Waals surface area contributed by atoms with E-state index in [0.29, 0.717) is 0 Å². The van der Waals surface area contributed by atoms with Gasteiger partial charge in [0.1, 0.15) is 12.6 Å². The van der Waals surface area contributed by atoms with Gasteiger partial charge in [0.25, 0.3) is 0 Å². The highest BCUT2D eigenvalue weighted by molar-refractivity contribution is 7.92. The van der Waals surface area contributed by atoms with Crippen LogP contribution in [0.3, 0.4) is 0 Å². The second kappa shape index (κ2) is 13.5. The maximum atomic E-state index is 14.1. The van der Waals surface area contributed by atoms with Crippen molar-refractivity contribution in [2.75, 3.05) is 17.1 Å². The summed E-state index contributed by atoms with van der Waals surface area (Å²) in [6.07, 6.45) is 5.19. The Hall–Kier alpha value is -3.07. The molecule has 0 heterocycles. The summed E-state index contributed by atoms with van der Waals surface area (Å²) in [6.45, 7) is -0.395. The molecular weight excluding hydrogens is 569 g/mol. The fraction of sp³-hybridized carbons (Fsp3) is 0.333. The van der Waals surface area contributed by atoms with Crippen molar-refractivity contribution in [3.63, 3.8) is 0 Å². The number of hydrogen-bond donors (Lipinski definition) is 1. The third-order valence-corrected chi connectivity index (χ3v) is 8.56. The van der Waals surface area contributed by atoms with Gasteiger partial charge >= 0.3 is 0 Å². The Labute approximate surface area is 246 Å². The van der Waals surface area contributed by atoms with Crippen LogP contribution < -0.4 is 9.62 Å². The summed E-state index contributed by atoms with van der Waals surface area (Å²) in [7, 11) is -3.91. The van der Waals surface area contributed by atoms with Gasteiger partial charge in [-0.25, -0.2) is 8.42 Å². The Morgan fingerprint density at radius 1 is 0.900 bits per heavy atom. The number of carbonyl (C=O) groups is 2. The maximum Gasteiger partial charge on any atom is 0.244 e. The predicted molar refractivity (Wildman–Crippen MR) is 160 cm³/mol. The van der Waals surface area contributed by atoms with E-state index < -0.39 is 28.5 Å². The molecule has 1 aliphatic carbocycles. The van der Waals surface area contributed by atoms with E-state index >= 15 is 0 Å². The van der Waals surface area contributed by atoms with Crippen molar-refractivity contribution in [1.82, 2.24) is 10.2 Å². The van der Waals surface area contributed by atoms with Crippen LogP contribution in [0.4, 0.5) is 5.69 Å². The van der Waals surface area contributed by atoms with Gasteiger partial charge in [0.15, 0.2) is 0 Å². The van der Waals surface area contributed by atoms with Crippen molar-refractivity contribution < 1.29 is 18.0 Å². The molecule has 3 aromatic carbocycles. The Kier molecular flexibility index (Phi) is 10.1. The molecular formula is C30H33Cl2N3O4S. The Morgan fingerprint density at radius 2 is 1.45 bits per heavy atom. The molecule has 0 aromatic heterocycles. The molecule has 40 heavy (non-hydrogen) atoms. The lowest BCUT2D eigenvalue weighted by atomic mass is 10.0. The molecule has 7 nitrogen and oxygen atoms in total. The highest BCUT2D eigenvalue weighted by Gasteiger charge is 2.34. The Bertz CT molecular complexity index is 1400. The van der Waals surface area contributed by atoms with Gasteiger partial charge in [-0.3, -0.25) is 13.9 Å². The quantitative estimate of drug-likeness (QED) is 0.316. The van der Waals surface area contributed by atoms with E-state index in [1.165, 1.54) is 23.1 Å². The van der Waals surface area contributed by atoms with Gasteiger partial charge in [-0.2, -0.15) is 0 Å². The van der Waals surface area contributed by atoms with Gasteiger partial charge in [0.2, 0.25) is 21.8 Å². The van der Waals surface area contributed by atoms with E-state index in [2.05, 4.69) is 5.32 Å². The summed E-state index contributed by atoms with van der Waals surface area (Å²) >= 11 is 12.3. The summed E-state index contributed by atoms with van der Waals surface area (Å²) < 4.78 is 26.7. The SMILES string of the molecule is CS(=O)(=O)N(CC(=O)N(Cc1ccccc1)C(Cc1ccccc1)C(=O)NC1CCCC1)c1cc(Cl)cc(Cl)c1. The highest BCUT2D eigenvalue weighted by atomic mass is 35.5. The van der Waals surface area contributed by atoms with Crippen LogP contribution in [-0.2, 0) is 32.6 Å². The van der Waals surface area contributed by atoms with Crippen molar-refractivity contribution in [3.8, 4) is 0 Å². The third kappa shape index (κ3) is 8.22. The second-order valence-corrected chi connectivity index (χ2v) is 12.9. The van der Waals surface area contributed by atoms with Gasteiger partial charge in [-0.1, -0.05) is 96.7 Å². The Morgan fingerprint density at radius 3 is 2.00 bits per heavy atom. The average molecular weight is 603 g/mol. The maximum absolute atomic E-state index is 14.1. The number of anilines is 1. The lowest BCUT2D eigenvalue weighted by molar-refractivity contribution is -0.140. The predicted octanol–water partition coefficient (Wildman–Crippen LogP) is 5.46. The molecule has 1 atom stereocenters. The van der Waals surface area contributed by atoms with Crippen LogP contribution in [0.15, 0.2) is 78.9 Å². The summed E-state index contributed by atoms with van der Waals surface area (Å²) in [4.78, 5) is 29.4. The monoisotopic (exact) mass is 601 g/mol. The molecule has 2 amide bonds. The highest BCUT2D eigenvalue weighted by Crippen LogP contribution is 2.28. The molecule has 3 aromatic rings. The van der Waals surface area contributed by atoms with Crippen LogP contribution in [0.1, 0.15) is 36.8 Å². The number of nitrogens with zero attached hydrogens (tertiary/aromatic N) is 2. The smallest absolute Gasteiger partial charge is 0.244 e. The van der Waals surface area contributed by atoms with Crippen molar-refractivity contribution in [2.24, 2.45) is 0 Å². The van der Waals surface area contributed by atoms with Crippen LogP contribution >= 0.6 is 23.2 Å². The molecule has 0 radical (unpaired) electrons. The molecule has 212 valence electrons. The van der Waals surface area contributed by atoms with Crippen LogP contribution in [-0.4, -0.2) is 50.0 Å². The molecule has 1 aliphatic rings. The van der Waals surface area contributed by atoms with Crippen molar-refractivity contribution in [1.29, 1.82) is 0 Å². The number of amides is 2. The summed E-state index contributed by atoms with van der Waals surface area (Å²) in [5.41, 5.74) is 1.88. The van der Waals surface area contributed by atoms with Gasteiger partial charge in [0, 0.05) is 29.1 Å². The number of rotatable bonds is 11. The summed E-state index contributed by atoms with van der Waals surface area (Å²) in [6, 6.07) is 22.4. The summed E-state index contributed by atoms with van der Waals surface area (Å²) in [5.74, 6) is -0.774. The van der Waals surface area contributed by atoms with Crippen molar-refractivity contribution in [3.05, 3.63) is 100 Å². The largest absolute Gasteiger partial charge is 0.352 e. The molecule has 1 fully saturated rings. The van der Waals surface area contributed by atoms with E-state index in [9.17, 15) is 18.0 Å². The minimum atomic E-state index is -3.91.